The van der Waals surface area contributed by atoms with Crippen LogP contribution in [0.25, 0.3) is 0 Å². The van der Waals surface area contributed by atoms with Gasteiger partial charge in [0.15, 0.2) is 11.5 Å². The largest absolute Gasteiger partial charge is 0.504 e. The van der Waals surface area contributed by atoms with Crippen molar-refractivity contribution in [3.8, 4) is 11.5 Å². The molecule has 0 bridgehead atoms. The number of nitrogens with zero attached hydrogens (tertiary/aromatic N) is 3. The number of carbonyl (C=O) groups excluding carboxylic acids is 7. The Morgan fingerprint density at radius 3 is 2.11 bits per heavy atom. The number of β-amino-alcohol motifs (C(OH)–C–C–N with tert-alkyl or cyclic N) is 1. The Kier molecular flexibility index (Phi) is 21.3. The van der Waals surface area contributed by atoms with E-state index in [-0.39, 0.29) is 12.2 Å². The lowest BCUT2D eigenvalue weighted by molar-refractivity contribution is -0.147. The zero-order valence-corrected chi connectivity index (χ0v) is 40.1. The average molecular weight is 1050 g/mol. The fraction of sp³-hybridized carbons (Fsp3) is 0.643. The number of amides is 7. The van der Waals surface area contributed by atoms with E-state index in [1.54, 1.807) is 0 Å². The molecule has 3 heterocycles. The molecule has 0 spiro atoms. The van der Waals surface area contributed by atoms with Gasteiger partial charge in [-0.15, -0.1) is 0 Å². The zero-order valence-electron chi connectivity index (χ0n) is 39.2. The minimum absolute atomic E-state index is 0.0809. The molecule has 1 aromatic rings. The monoisotopic (exact) mass is 1050 g/mol. The molecule has 1 aromatic carbocycles. The third-order valence-corrected chi connectivity index (χ3v) is 12.6. The maximum Gasteiger partial charge on any atom is 0.410 e. The Hall–Kier alpha value is -5.48. The number of phenols is 1. The molecule has 18 N–H and O–H groups in total. The first-order chi connectivity index (χ1) is 33.7. The maximum absolute atomic E-state index is 14.8. The highest BCUT2D eigenvalue weighted by molar-refractivity contribution is 8.15. The van der Waals surface area contributed by atoms with Crippen LogP contribution in [-0.4, -0.2) is 241 Å². The highest BCUT2D eigenvalue weighted by atomic mass is 32.3. The molecule has 30 heteroatoms. The lowest BCUT2D eigenvalue weighted by Crippen LogP contribution is -2.64. The van der Waals surface area contributed by atoms with Crippen molar-refractivity contribution >= 4 is 52.7 Å². The highest BCUT2D eigenvalue weighted by Crippen LogP contribution is 2.40. The molecule has 3 fully saturated rings. The van der Waals surface area contributed by atoms with Gasteiger partial charge in [-0.25, -0.2) is 4.79 Å². The van der Waals surface area contributed by atoms with Crippen molar-refractivity contribution in [2.45, 2.75) is 118 Å². The average Bonchev–Trinajstić information content (AvgIpc) is 3.86. The summed E-state index contributed by atoms with van der Waals surface area (Å²) in [6.45, 7) is 1.82. The Bertz CT molecular complexity index is 2100. The van der Waals surface area contributed by atoms with Gasteiger partial charge in [0.25, 0.3) is 11.2 Å². The van der Waals surface area contributed by atoms with Gasteiger partial charge in [-0.05, 0) is 37.5 Å². The van der Waals surface area contributed by atoms with Crippen LogP contribution >= 0.6 is 11.2 Å². The molecular weight excluding hydrogens is 985 g/mol. The molecule has 13 atom stereocenters. The first kappa shape index (κ1) is 59.1. The smallest absolute Gasteiger partial charge is 0.410 e. The van der Waals surface area contributed by atoms with Crippen LogP contribution in [0.3, 0.4) is 0 Å². The van der Waals surface area contributed by atoms with Crippen molar-refractivity contribution in [3.63, 3.8) is 0 Å². The number of hydrogen-bond acceptors (Lipinski definition) is 22. The second-order valence-corrected chi connectivity index (χ2v) is 18.9. The molecule has 406 valence electrons. The van der Waals surface area contributed by atoms with E-state index >= 15 is 0 Å². The van der Waals surface area contributed by atoms with Crippen molar-refractivity contribution in [2.24, 2.45) is 11.7 Å². The predicted octanol–water partition coefficient (Wildman–Crippen LogP) is -6.25. The van der Waals surface area contributed by atoms with Gasteiger partial charge >= 0.3 is 6.09 Å². The summed E-state index contributed by atoms with van der Waals surface area (Å²) in [6, 6.07) is -9.77. The molecule has 7 amide bonds. The summed E-state index contributed by atoms with van der Waals surface area (Å²) in [5.41, 5.74) is 5.96. The van der Waals surface area contributed by atoms with E-state index in [9.17, 15) is 93.2 Å². The topological polar surface area (TPSA) is 465 Å². The molecule has 1 unspecified atom stereocenters. The molecule has 29 nitrogen and oxygen atoms in total. The first-order valence-corrected chi connectivity index (χ1v) is 24.1. The van der Waals surface area contributed by atoms with Gasteiger partial charge in [-0.1, -0.05) is 25.6 Å². The molecule has 0 saturated carbocycles. The minimum atomic E-state index is -4.73. The molecule has 0 aromatic heterocycles. The minimum Gasteiger partial charge on any atom is -0.504 e. The summed E-state index contributed by atoms with van der Waals surface area (Å²) in [7, 11) is 0. The summed E-state index contributed by atoms with van der Waals surface area (Å²) < 4.78 is 38.1. The Labute approximate surface area is 413 Å². The highest BCUT2D eigenvalue weighted by Gasteiger charge is 2.50. The summed E-state index contributed by atoms with van der Waals surface area (Å²) >= 11 is -4.73. The van der Waals surface area contributed by atoms with E-state index in [4.69, 9.17) is 10.5 Å². The van der Waals surface area contributed by atoms with Gasteiger partial charge in [0.05, 0.1) is 61.9 Å². The number of aliphatic hydroxyl groups excluding tert-OH is 8. The summed E-state index contributed by atoms with van der Waals surface area (Å²) in [5.74, 6) is -9.62. The summed E-state index contributed by atoms with van der Waals surface area (Å²) in [6.07, 6.45) is -12.9. The number of phenolic OH excluding ortho intramolecular Hbond substituents is 1. The lowest BCUT2D eigenvalue weighted by Gasteiger charge is -2.35. The zero-order chi connectivity index (χ0) is 53.9. The van der Waals surface area contributed by atoms with Gasteiger partial charge in [0.1, 0.15) is 36.8 Å². The Morgan fingerprint density at radius 2 is 1.50 bits per heavy atom. The second kappa shape index (κ2) is 26.0. The third kappa shape index (κ3) is 15.3. The van der Waals surface area contributed by atoms with Gasteiger partial charge in [0, 0.05) is 44.9 Å². The predicted molar refractivity (Wildman–Crippen MR) is 247 cm³/mol. The SMILES string of the molecule is C=CCOC(=O)N(CC[C@@H](O)[C@@H]1NC(=O)[C@H]([C@H](O)Cc2ccc(O)c(OS(O)(O)O)c2)NC(=O)[C@@H]2C[C@@H](O)CN2C(=O)[C@H]([C@@H](C)O)NC(=O)C(N)C[C@@H](O)CNC(=O)[C@@H]2[C@@H](O)[C@@H](C)CN2C1=O)C(CO)CO. The molecule has 4 rings (SSSR count). The molecule has 72 heavy (non-hydrogen) atoms. The van der Waals surface area contributed by atoms with E-state index in [2.05, 4.69) is 32.0 Å². The van der Waals surface area contributed by atoms with Crippen LogP contribution in [0.1, 0.15) is 38.7 Å². The van der Waals surface area contributed by atoms with Crippen LogP contribution in [0, 0.1) is 5.92 Å². The number of rotatable bonds is 15. The molecule has 3 aliphatic rings. The molecule has 0 aliphatic carbocycles. The Balaban J connectivity index is 1.88. The molecular formula is C42H66N8O21S. The van der Waals surface area contributed by atoms with Crippen LogP contribution in [-0.2, 0) is 39.9 Å². The maximum atomic E-state index is 14.8. The summed E-state index contributed by atoms with van der Waals surface area (Å²) in [4.78, 5) is 100. The van der Waals surface area contributed by atoms with Crippen LogP contribution in [0.2, 0.25) is 0 Å². The number of benzene rings is 1. The fourth-order valence-electron chi connectivity index (χ4n) is 8.38. The van der Waals surface area contributed by atoms with E-state index in [1.165, 1.54) is 13.0 Å². The van der Waals surface area contributed by atoms with Crippen LogP contribution in [0.15, 0.2) is 30.9 Å². The van der Waals surface area contributed by atoms with Crippen molar-refractivity contribution in [2.75, 3.05) is 46.0 Å². The second-order valence-electron chi connectivity index (χ2n) is 17.8. The first-order valence-electron chi connectivity index (χ1n) is 22.6. The number of nitrogens with one attached hydrogen (secondary N) is 4. The van der Waals surface area contributed by atoms with Gasteiger partial charge < -0.3 is 96.6 Å². The fourth-order valence-corrected chi connectivity index (χ4v) is 8.76. The van der Waals surface area contributed by atoms with Crippen LogP contribution < -0.4 is 31.2 Å². The number of aliphatic hydroxyl groups is 8. The van der Waals surface area contributed by atoms with E-state index in [0.29, 0.717) is 0 Å². The van der Waals surface area contributed by atoms with Crippen molar-refractivity contribution in [3.05, 3.63) is 36.4 Å². The number of ether oxygens (including phenoxy) is 1. The number of nitrogens with two attached hydrogens (primary N) is 1. The lowest BCUT2D eigenvalue weighted by atomic mass is 9.98. The number of hydrogen-bond donors (Lipinski definition) is 17. The molecule has 0 radical (unpaired) electrons. The normalized spacial score (nSPS) is 28.8. The van der Waals surface area contributed by atoms with Crippen LogP contribution in [0.4, 0.5) is 4.79 Å². The van der Waals surface area contributed by atoms with Crippen molar-refractivity contribution in [1.82, 2.24) is 36.0 Å². The van der Waals surface area contributed by atoms with Crippen LogP contribution in [0.5, 0.6) is 11.5 Å². The van der Waals surface area contributed by atoms with Crippen molar-refractivity contribution in [1.29, 1.82) is 0 Å². The van der Waals surface area contributed by atoms with Gasteiger partial charge in [0.2, 0.25) is 35.4 Å². The van der Waals surface area contributed by atoms with Gasteiger partial charge in [-0.2, -0.15) is 0 Å². The molecule has 3 aliphatic heterocycles. The van der Waals surface area contributed by atoms with Crippen molar-refractivity contribution < 1.29 is 102 Å². The van der Waals surface area contributed by atoms with Gasteiger partial charge in [-0.3, -0.25) is 42.4 Å². The van der Waals surface area contributed by atoms with E-state index in [1.807, 2.05) is 0 Å². The quantitative estimate of drug-likeness (QED) is 0.0727. The number of aromatic hydroxyl groups is 1. The third-order valence-electron chi connectivity index (χ3n) is 12.2. The molecule has 3 saturated heterocycles. The summed E-state index contributed by atoms with van der Waals surface area (Å²) in [5, 5.41) is 107. The number of carbonyl (C=O) groups is 7. The standard InChI is InChI=1S/C42H66N8O21S/c1-4-9-70-42(66)48(22(17-51)18-52)8-7-28(57)33-41(65)50-15-19(2)35(59)34(50)39(63)44-14-23(54)12-25(43)36(60)45-31(20(3)53)40(64)49-16-24(55)13-26(49)37(61)46-32(38(62)47-33)29(58)10-21-5-6-27(56)30(11-21)71-72(67,68)69/h4-6,11,19-20,22-26,28-29,31-35,51-59,67-69H,1,7-10,12-18,43H2,2-3H3,(H,44,63)(H,45,60)(H,46,61)(H,47,62)/t19-,20+,23+,24+,25?,26-,28+,29+,31-,32-,33-,34-,35-/m0/s1. The van der Waals surface area contributed by atoms with E-state index < -0.39 is 214 Å². The number of fused-ring (bicyclic) bond motifs is 2. The van der Waals surface area contributed by atoms with E-state index in [0.717, 1.165) is 39.8 Å². The Morgan fingerprint density at radius 1 is 0.875 bits per heavy atom.